The molecule has 0 saturated carbocycles. The van der Waals surface area contributed by atoms with Crippen LogP contribution in [0.2, 0.25) is 6.32 Å². The summed E-state index contributed by atoms with van der Waals surface area (Å²) in [4.78, 5) is 2.57. The molecule has 17 heavy (non-hydrogen) atoms. The molecule has 0 bridgehead atoms. The lowest BCUT2D eigenvalue weighted by Crippen LogP contribution is -2.44. The Kier molecular flexibility index (Phi) is 5.77. The van der Waals surface area contributed by atoms with Crippen LogP contribution in [0, 0.1) is 0 Å². The highest BCUT2D eigenvalue weighted by Crippen LogP contribution is 2.13. The van der Waals surface area contributed by atoms with Crippen LogP contribution >= 0.6 is 0 Å². The van der Waals surface area contributed by atoms with Crippen molar-refractivity contribution in [3.63, 3.8) is 0 Å². The van der Waals surface area contributed by atoms with Crippen LogP contribution in [0.15, 0.2) is 30.3 Å². The SMILES string of the molecule is CC(C)N(C(C)C)C(C)C[B]c1ccccc1. The van der Waals surface area contributed by atoms with Crippen LogP contribution in [0.5, 0.6) is 0 Å². The van der Waals surface area contributed by atoms with E-state index in [0.29, 0.717) is 18.1 Å². The molecular weight excluding hydrogens is 205 g/mol. The van der Waals surface area contributed by atoms with Crippen LogP contribution in [-0.4, -0.2) is 30.3 Å². The molecule has 0 fully saturated rings. The number of benzene rings is 1. The Balaban J connectivity index is 2.50. The first-order valence-electron chi connectivity index (χ1n) is 6.68. The number of nitrogens with zero attached hydrogens (tertiary/aromatic N) is 1. The first-order valence-corrected chi connectivity index (χ1v) is 6.68. The van der Waals surface area contributed by atoms with Gasteiger partial charge in [0.1, 0.15) is 0 Å². The zero-order chi connectivity index (χ0) is 12.8. The van der Waals surface area contributed by atoms with Gasteiger partial charge in [-0.2, -0.15) is 0 Å². The maximum absolute atomic E-state index is 2.57. The summed E-state index contributed by atoms with van der Waals surface area (Å²) in [5.41, 5.74) is 1.33. The van der Waals surface area contributed by atoms with E-state index in [9.17, 15) is 0 Å². The highest BCUT2D eigenvalue weighted by atomic mass is 15.2. The molecule has 1 aromatic carbocycles. The summed E-state index contributed by atoms with van der Waals surface area (Å²) in [7, 11) is 2.34. The topological polar surface area (TPSA) is 3.24 Å². The molecule has 0 aliphatic heterocycles. The normalized spacial score (nSPS) is 13.4. The van der Waals surface area contributed by atoms with Gasteiger partial charge in [0.05, 0.1) is 0 Å². The van der Waals surface area contributed by atoms with E-state index in [0.717, 1.165) is 6.32 Å². The molecule has 1 atom stereocenters. The molecule has 1 nitrogen and oxygen atoms in total. The lowest BCUT2D eigenvalue weighted by Gasteiger charge is -2.36. The second-order valence-corrected chi connectivity index (χ2v) is 5.33. The van der Waals surface area contributed by atoms with Crippen molar-refractivity contribution >= 4 is 12.7 Å². The maximum atomic E-state index is 2.57. The van der Waals surface area contributed by atoms with Gasteiger partial charge in [0.15, 0.2) is 7.28 Å². The van der Waals surface area contributed by atoms with Crippen molar-refractivity contribution in [3.8, 4) is 0 Å². The second-order valence-electron chi connectivity index (χ2n) is 5.33. The lowest BCUT2D eigenvalue weighted by atomic mass is 9.65. The summed E-state index contributed by atoms with van der Waals surface area (Å²) in [5.74, 6) is 0. The van der Waals surface area contributed by atoms with Gasteiger partial charge >= 0.3 is 0 Å². The molecule has 0 aliphatic carbocycles. The predicted molar refractivity (Wildman–Crippen MR) is 78.2 cm³/mol. The molecule has 93 valence electrons. The summed E-state index contributed by atoms with van der Waals surface area (Å²) in [6.07, 6.45) is 1.11. The lowest BCUT2D eigenvalue weighted by molar-refractivity contribution is 0.133. The van der Waals surface area contributed by atoms with Gasteiger partial charge in [-0.25, -0.2) is 0 Å². The van der Waals surface area contributed by atoms with E-state index in [4.69, 9.17) is 0 Å². The monoisotopic (exact) mass is 230 g/mol. The molecule has 1 aromatic rings. The van der Waals surface area contributed by atoms with Gasteiger partial charge < -0.3 is 0 Å². The summed E-state index contributed by atoms with van der Waals surface area (Å²) in [6, 6.07) is 12.4. The molecule has 0 aromatic heterocycles. The van der Waals surface area contributed by atoms with Crippen molar-refractivity contribution in [1.29, 1.82) is 0 Å². The van der Waals surface area contributed by atoms with Gasteiger partial charge in [0, 0.05) is 18.1 Å². The number of hydrogen-bond donors (Lipinski definition) is 0. The van der Waals surface area contributed by atoms with Crippen molar-refractivity contribution in [2.45, 2.75) is 59.1 Å². The Hall–Kier alpha value is -0.755. The fourth-order valence-electron chi connectivity index (χ4n) is 2.63. The van der Waals surface area contributed by atoms with Crippen molar-refractivity contribution in [2.75, 3.05) is 0 Å². The highest BCUT2D eigenvalue weighted by molar-refractivity contribution is 6.53. The molecule has 1 radical (unpaired) electrons. The third kappa shape index (κ3) is 4.55. The summed E-state index contributed by atoms with van der Waals surface area (Å²) < 4.78 is 0. The quantitative estimate of drug-likeness (QED) is 0.679. The molecule has 0 heterocycles. The van der Waals surface area contributed by atoms with Gasteiger partial charge in [-0.05, 0) is 27.7 Å². The molecular formula is C15H25BN. The van der Waals surface area contributed by atoms with Gasteiger partial charge in [-0.1, -0.05) is 49.0 Å². The smallest absolute Gasteiger partial charge is 0.153 e. The molecule has 0 amide bonds. The van der Waals surface area contributed by atoms with E-state index < -0.39 is 0 Å². The van der Waals surface area contributed by atoms with Crippen molar-refractivity contribution in [3.05, 3.63) is 30.3 Å². The van der Waals surface area contributed by atoms with Crippen LogP contribution in [0.25, 0.3) is 0 Å². The average molecular weight is 230 g/mol. The standard InChI is InChI=1S/C15H25BN/c1-12(2)17(13(3)4)14(5)11-16-15-9-7-6-8-10-15/h6-10,12-14H,11H2,1-5H3. The number of rotatable bonds is 6. The molecule has 1 rings (SSSR count). The minimum Gasteiger partial charge on any atom is -0.297 e. The molecule has 0 saturated heterocycles. The second kappa shape index (κ2) is 6.85. The van der Waals surface area contributed by atoms with Crippen LogP contribution in [-0.2, 0) is 0 Å². The third-order valence-corrected chi connectivity index (χ3v) is 3.20. The predicted octanol–water partition coefficient (Wildman–Crippen LogP) is 2.94. The van der Waals surface area contributed by atoms with Gasteiger partial charge in [-0.3, -0.25) is 4.90 Å². The van der Waals surface area contributed by atoms with Gasteiger partial charge in [0.2, 0.25) is 0 Å². The van der Waals surface area contributed by atoms with E-state index in [1.807, 2.05) is 0 Å². The van der Waals surface area contributed by atoms with Crippen molar-refractivity contribution in [1.82, 2.24) is 4.90 Å². The Morgan fingerprint density at radius 2 is 1.47 bits per heavy atom. The van der Waals surface area contributed by atoms with Gasteiger partial charge in [0.25, 0.3) is 0 Å². The van der Waals surface area contributed by atoms with Crippen molar-refractivity contribution < 1.29 is 0 Å². The largest absolute Gasteiger partial charge is 0.297 e. The van der Waals surface area contributed by atoms with Crippen molar-refractivity contribution in [2.24, 2.45) is 0 Å². The fourth-order valence-corrected chi connectivity index (χ4v) is 2.63. The minimum absolute atomic E-state index is 0.593. The summed E-state index contributed by atoms with van der Waals surface area (Å²) in [5, 5.41) is 0. The summed E-state index contributed by atoms with van der Waals surface area (Å²) in [6.45, 7) is 11.4. The van der Waals surface area contributed by atoms with E-state index in [1.54, 1.807) is 0 Å². The Labute approximate surface area is 107 Å². The first kappa shape index (κ1) is 14.3. The Bertz CT molecular complexity index is 300. The third-order valence-electron chi connectivity index (χ3n) is 3.20. The van der Waals surface area contributed by atoms with E-state index in [-0.39, 0.29) is 0 Å². The number of hydrogen-bond acceptors (Lipinski definition) is 1. The molecule has 2 heteroatoms. The minimum atomic E-state index is 0.593. The first-order chi connectivity index (χ1) is 8.02. The molecule has 0 aliphatic rings. The highest BCUT2D eigenvalue weighted by Gasteiger charge is 2.19. The maximum Gasteiger partial charge on any atom is 0.153 e. The van der Waals surface area contributed by atoms with Crippen LogP contribution < -0.4 is 5.46 Å². The van der Waals surface area contributed by atoms with E-state index in [1.165, 1.54) is 5.46 Å². The van der Waals surface area contributed by atoms with Crippen LogP contribution in [0.1, 0.15) is 34.6 Å². The molecule has 0 N–H and O–H groups in total. The fraction of sp³-hybridized carbons (Fsp3) is 0.600. The zero-order valence-corrected chi connectivity index (χ0v) is 11.9. The Morgan fingerprint density at radius 3 is 1.94 bits per heavy atom. The Morgan fingerprint density at radius 1 is 0.941 bits per heavy atom. The zero-order valence-electron chi connectivity index (χ0n) is 11.9. The molecule has 1 unspecified atom stereocenters. The van der Waals surface area contributed by atoms with E-state index >= 15 is 0 Å². The van der Waals surface area contributed by atoms with Crippen LogP contribution in [0.3, 0.4) is 0 Å². The van der Waals surface area contributed by atoms with Crippen LogP contribution in [0.4, 0.5) is 0 Å². The average Bonchev–Trinajstić information content (AvgIpc) is 2.27. The molecule has 0 spiro atoms. The summed E-state index contributed by atoms with van der Waals surface area (Å²) >= 11 is 0. The van der Waals surface area contributed by atoms with Gasteiger partial charge in [-0.15, -0.1) is 0 Å². The van der Waals surface area contributed by atoms with E-state index in [2.05, 4.69) is 77.1 Å².